The summed E-state index contributed by atoms with van der Waals surface area (Å²) in [6, 6.07) is 0.988. The van der Waals surface area contributed by atoms with Gasteiger partial charge in [-0.25, -0.2) is 8.78 Å². The minimum Gasteiger partial charge on any atom is -0.379 e. The van der Waals surface area contributed by atoms with Crippen molar-refractivity contribution in [2.45, 2.75) is 37.4 Å². The van der Waals surface area contributed by atoms with Crippen LogP contribution in [0.5, 0.6) is 0 Å². The molecule has 3 aliphatic rings. The highest BCUT2D eigenvalue weighted by Crippen LogP contribution is 2.32. The Balaban J connectivity index is 1.56. The summed E-state index contributed by atoms with van der Waals surface area (Å²) in [4.78, 5) is 49.6. The quantitative estimate of drug-likeness (QED) is 0.637. The van der Waals surface area contributed by atoms with Crippen LogP contribution >= 0.6 is 0 Å². The van der Waals surface area contributed by atoms with Crippen LogP contribution in [0.1, 0.15) is 46.4 Å². The van der Waals surface area contributed by atoms with Crippen molar-refractivity contribution >= 4 is 29.3 Å². The maximum atomic E-state index is 14.8. The molecule has 2 saturated heterocycles. The number of nitrogens with zero attached hydrogens (tertiary/aromatic N) is 1. The second-order valence-electron chi connectivity index (χ2n) is 7.58. The molecule has 1 aromatic carbocycles. The molecule has 154 valence electrons. The lowest BCUT2D eigenvalue weighted by molar-refractivity contribution is -0.136. The van der Waals surface area contributed by atoms with Crippen LogP contribution in [0.2, 0.25) is 0 Å². The second-order valence-corrected chi connectivity index (χ2v) is 7.58. The number of hydrogen-bond acceptors (Lipinski definition) is 6. The van der Waals surface area contributed by atoms with Crippen molar-refractivity contribution in [1.29, 1.82) is 0 Å². The number of rotatable bonds is 4. The molecule has 3 aliphatic heterocycles. The number of alkyl halides is 1. The first-order chi connectivity index (χ1) is 13.8. The predicted octanol–water partition coefficient (Wildman–Crippen LogP) is 0.730. The Morgan fingerprint density at radius 1 is 1.10 bits per heavy atom. The van der Waals surface area contributed by atoms with Crippen molar-refractivity contribution < 1.29 is 28.0 Å². The number of carbonyl (C=O) groups excluding carboxylic acids is 4. The molecule has 10 heteroatoms. The molecule has 1 unspecified atom stereocenters. The average molecular weight is 406 g/mol. The van der Waals surface area contributed by atoms with Gasteiger partial charge in [0.1, 0.15) is 17.5 Å². The van der Waals surface area contributed by atoms with Crippen LogP contribution < -0.4 is 16.0 Å². The molecule has 3 N–H and O–H groups in total. The summed E-state index contributed by atoms with van der Waals surface area (Å²) in [5, 5.41) is 7.87. The van der Waals surface area contributed by atoms with Crippen LogP contribution in [-0.2, 0) is 9.59 Å². The molecule has 2 fully saturated rings. The number of anilines is 1. The second kappa shape index (κ2) is 7.18. The van der Waals surface area contributed by atoms with Crippen LogP contribution in [0.15, 0.2) is 12.1 Å². The molecule has 3 heterocycles. The van der Waals surface area contributed by atoms with Gasteiger partial charge >= 0.3 is 0 Å². The molecule has 0 radical (unpaired) electrons. The summed E-state index contributed by atoms with van der Waals surface area (Å²) in [6.45, 7) is 0.931. The molecule has 0 bridgehead atoms. The van der Waals surface area contributed by atoms with Gasteiger partial charge in [-0.15, -0.1) is 0 Å². The summed E-state index contributed by atoms with van der Waals surface area (Å²) in [6.07, 6.45) is 0.584. The van der Waals surface area contributed by atoms with E-state index in [0.29, 0.717) is 13.1 Å². The highest BCUT2D eigenvalue weighted by atomic mass is 19.1. The normalized spacial score (nSPS) is 23.8. The Morgan fingerprint density at radius 2 is 1.76 bits per heavy atom. The standard InChI is InChI=1S/C19H20F2N4O4/c20-12-7-10-11(8-13(12)23-9-19(21)3-5-22-6-4-19)18(29)25(17(10)28)14-1-2-15(26)24-16(14)27/h7-8,14,22-23H,1-6,9H2,(H,24,26,27). The lowest BCUT2D eigenvalue weighted by Crippen LogP contribution is -2.54. The Labute approximate surface area is 165 Å². The minimum absolute atomic E-state index is 0.00157. The summed E-state index contributed by atoms with van der Waals surface area (Å²) < 4.78 is 29.3. The molecule has 0 saturated carbocycles. The van der Waals surface area contributed by atoms with Crippen molar-refractivity contribution in [2.24, 2.45) is 0 Å². The lowest BCUT2D eigenvalue weighted by Gasteiger charge is -2.30. The molecule has 8 nitrogen and oxygen atoms in total. The van der Waals surface area contributed by atoms with Crippen molar-refractivity contribution in [3.05, 3.63) is 29.1 Å². The molecule has 1 atom stereocenters. The van der Waals surface area contributed by atoms with Crippen molar-refractivity contribution in [3.8, 4) is 0 Å². The maximum Gasteiger partial charge on any atom is 0.262 e. The number of hydrogen-bond donors (Lipinski definition) is 3. The number of halogens is 2. The van der Waals surface area contributed by atoms with Gasteiger partial charge < -0.3 is 10.6 Å². The third-order valence-corrected chi connectivity index (χ3v) is 5.62. The van der Waals surface area contributed by atoms with E-state index in [9.17, 15) is 28.0 Å². The summed E-state index contributed by atoms with van der Waals surface area (Å²) >= 11 is 0. The van der Waals surface area contributed by atoms with Gasteiger partial charge in [0.25, 0.3) is 11.8 Å². The first kappa shape index (κ1) is 19.4. The van der Waals surface area contributed by atoms with Gasteiger partial charge in [-0.2, -0.15) is 0 Å². The fourth-order valence-electron chi connectivity index (χ4n) is 3.93. The maximum absolute atomic E-state index is 14.8. The zero-order chi connectivity index (χ0) is 20.8. The van der Waals surface area contributed by atoms with E-state index in [1.807, 2.05) is 0 Å². The molecule has 29 heavy (non-hydrogen) atoms. The van der Waals surface area contributed by atoms with Crippen LogP contribution in [0.4, 0.5) is 14.5 Å². The zero-order valence-corrected chi connectivity index (χ0v) is 15.5. The fraction of sp³-hybridized carbons (Fsp3) is 0.474. The molecule has 0 aromatic heterocycles. The van der Waals surface area contributed by atoms with E-state index in [-0.39, 0.29) is 49.0 Å². The highest BCUT2D eigenvalue weighted by Gasteiger charge is 2.45. The Morgan fingerprint density at radius 3 is 2.41 bits per heavy atom. The van der Waals surface area contributed by atoms with Crippen LogP contribution in [0.3, 0.4) is 0 Å². The molecule has 0 aliphatic carbocycles. The predicted molar refractivity (Wildman–Crippen MR) is 97.5 cm³/mol. The number of carbonyl (C=O) groups is 4. The summed E-state index contributed by atoms with van der Waals surface area (Å²) in [5.41, 5.74) is -1.78. The molecule has 0 spiro atoms. The first-order valence-corrected chi connectivity index (χ1v) is 9.48. The number of amides is 4. The number of imide groups is 2. The number of piperidine rings is 2. The average Bonchev–Trinajstić information content (AvgIpc) is 2.91. The van der Waals surface area contributed by atoms with Crippen LogP contribution in [-0.4, -0.2) is 59.9 Å². The van der Waals surface area contributed by atoms with Gasteiger partial charge in [-0.3, -0.25) is 29.4 Å². The molecular weight excluding hydrogens is 386 g/mol. The Kier molecular flexibility index (Phi) is 4.81. The van der Waals surface area contributed by atoms with Crippen molar-refractivity contribution in [1.82, 2.24) is 15.5 Å². The number of benzene rings is 1. The number of fused-ring (bicyclic) bond motifs is 1. The van der Waals surface area contributed by atoms with Gasteiger partial charge in [0.2, 0.25) is 11.8 Å². The zero-order valence-electron chi connectivity index (χ0n) is 15.5. The van der Waals surface area contributed by atoms with Crippen molar-refractivity contribution in [3.63, 3.8) is 0 Å². The monoisotopic (exact) mass is 406 g/mol. The SMILES string of the molecule is O=C1CCC(N2C(=O)c3cc(F)c(NCC4(F)CCNCC4)cc3C2=O)C(=O)N1. The van der Waals surface area contributed by atoms with E-state index >= 15 is 0 Å². The number of nitrogens with one attached hydrogen (secondary N) is 3. The van der Waals surface area contributed by atoms with E-state index in [0.717, 1.165) is 11.0 Å². The van der Waals surface area contributed by atoms with Crippen LogP contribution in [0, 0.1) is 5.82 Å². The summed E-state index contributed by atoms with van der Waals surface area (Å²) in [5.74, 6) is -3.52. The van der Waals surface area contributed by atoms with Crippen molar-refractivity contribution in [2.75, 3.05) is 25.0 Å². The Bertz CT molecular complexity index is 914. The van der Waals surface area contributed by atoms with Gasteiger partial charge in [-0.1, -0.05) is 0 Å². The van der Waals surface area contributed by atoms with E-state index in [2.05, 4.69) is 16.0 Å². The van der Waals surface area contributed by atoms with E-state index in [1.165, 1.54) is 6.07 Å². The lowest BCUT2D eigenvalue weighted by atomic mass is 9.94. The largest absolute Gasteiger partial charge is 0.379 e. The Hall–Kier alpha value is -2.88. The highest BCUT2D eigenvalue weighted by molar-refractivity contribution is 6.23. The van der Waals surface area contributed by atoms with E-state index < -0.39 is 41.2 Å². The van der Waals surface area contributed by atoms with Gasteiger partial charge in [-0.05, 0) is 44.5 Å². The topological polar surface area (TPSA) is 108 Å². The van der Waals surface area contributed by atoms with Crippen LogP contribution in [0.25, 0.3) is 0 Å². The first-order valence-electron chi connectivity index (χ1n) is 9.48. The van der Waals surface area contributed by atoms with Gasteiger partial charge in [0.05, 0.1) is 16.8 Å². The molecule has 4 rings (SSSR count). The summed E-state index contributed by atoms with van der Waals surface area (Å²) in [7, 11) is 0. The third-order valence-electron chi connectivity index (χ3n) is 5.62. The van der Waals surface area contributed by atoms with E-state index in [4.69, 9.17) is 0 Å². The third kappa shape index (κ3) is 3.48. The molecule has 4 amide bonds. The van der Waals surface area contributed by atoms with E-state index in [1.54, 1.807) is 0 Å². The van der Waals surface area contributed by atoms with Gasteiger partial charge in [0.15, 0.2) is 0 Å². The molecular formula is C19H20F2N4O4. The fourth-order valence-corrected chi connectivity index (χ4v) is 3.93. The molecule has 1 aromatic rings. The smallest absolute Gasteiger partial charge is 0.262 e. The van der Waals surface area contributed by atoms with Gasteiger partial charge in [0, 0.05) is 13.0 Å². The minimum atomic E-state index is -1.49.